The van der Waals surface area contributed by atoms with Gasteiger partial charge in [-0.05, 0) is 30.4 Å². The van der Waals surface area contributed by atoms with E-state index in [9.17, 15) is 4.79 Å². The molecule has 0 bridgehead atoms. The molecule has 0 aliphatic carbocycles. The first kappa shape index (κ1) is 17.7. The number of ether oxygens (including phenoxy) is 1. The van der Waals surface area contributed by atoms with Crippen LogP contribution in [0.4, 0.5) is 5.13 Å². The molecule has 2 fully saturated rings. The number of anilines is 1. The highest BCUT2D eigenvalue weighted by atomic mass is 32.1. The number of hydrogen-bond acceptors (Lipinski definition) is 6. The van der Waals surface area contributed by atoms with Crippen molar-refractivity contribution in [2.45, 2.75) is 12.8 Å². The largest absolute Gasteiger partial charge is 0.379 e. The predicted octanol–water partition coefficient (Wildman–Crippen LogP) is 3.36. The molecule has 1 amide bonds. The van der Waals surface area contributed by atoms with Crippen LogP contribution in [0.15, 0.2) is 35.2 Å². The quantitative estimate of drug-likeness (QED) is 0.755. The number of piperidine rings is 1. The molecule has 4 heterocycles. The van der Waals surface area contributed by atoms with E-state index in [1.54, 1.807) is 28.7 Å². The van der Waals surface area contributed by atoms with Gasteiger partial charge < -0.3 is 14.5 Å². The van der Waals surface area contributed by atoms with E-state index in [0.29, 0.717) is 13.2 Å². The number of carbonyl (C=O) groups excluding carboxylic acids is 1. The van der Waals surface area contributed by atoms with Gasteiger partial charge in [0.05, 0.1) is 13.2 Å². The summed E-state index contributed by atoms with van der Waals surface area (Å²) >= 11 is 3.31. The first-order valence-electron chi connectivity index (χ1n) is 8.97. The average Bonchev–Trinajstić information content (AvgIpc) is 3.33. The average molecular weight is 390 g/mol. The third-order valence-corrected chi connectivity index (χ3v) is 6.71. The Kier molecular flexibility index (Phi) is 5.38. The molecule has 26 heavy (non-hydrogen) atoms. The second kappa shape index (κ2) is 7.90. The van der Waals surface area contributed by atoms with Gasteiger partial charge in [-0.15, -0.1) is 22.7 Å². The van der Waals surface area contributed by atoms with E-state index in [2.05, 4.69) is 9.88 Å². The predicted molar refractivity (Wildman–Crippen MR) is 107 cm³/mol. The van der Waals surface area contributed by atoms with E-state index < -0.39 is 0 Å². The zero-order chi connectivity index (χ0) is 17.8. The molecular formula is C19H23N3O2S2. The number of thiazole rings is 1. The number of likely N-dealkylation sites (tertiary alicyclic amines) is 1. The monoisotopic (exact) mass is 389 g/mol. The molecule has 1 spiro atoms. The molecule has 0 aromatic carbocycles. The summed E-state index contributed by atoms with van der Waals surface area (Å²) < 4.78 is 5.94. The van der Waals surface area contributed by atoms with Crippen molar-refractivity contribution in [2.75, 3.05) is 44.3 Å². The number of amides is 1. The smallest absolute Gasteiger partial charge is 0.246 e. The van der Waals surface area contributed by atoms with Crippen molar-refractivity contribution in [3.63, 3.8) is 0 Å². The molecule has 2 saturated heterocycles. The van der Waals surface area contributed by atoms with Gasteiger partial charge >= 0.3 is 0 Å². The van der Waals surface area contributed by atoms with Crippen LogP contribution in [0.3, 0.4) is 0 Å². The Morgan fingerprint density at radius 2 is 2.23 bits per heavy atom. The summed E-state index contributed by atoms with van der Waals surface area (Å²) in [6.45, 7) is 4.77. The van der Waals surface area contributed by atoms with Crippen LogP contribution in [-0.2, 0) is 9.53 Å². The van der Waals surface area contributed by atoms with Crippen LogP contribution in [0.1, 0.15) is 17.7 Å². The third kappa shape index (κ3) is 4.00. The Labute approximate surface area is 161 Å². The minimum Gasteiger partial charge on any atom is -0.379 e. The molecular weight excluding hydrogens is 366 g/mol. The van der Waals surface area contributed by atoms with Gasteiger partial charge in [0.1, 0.15) is 0 Å². The highest BCUT2D eigenvalue weighted by Crippen LogP contribution is 2.35. The lowest BCUT2D eigenvalue weighted by Crippen LogP contribution is -2.52. The number of nitrogens with zero attached hydrogens (tertiary/aromatic N) is 3. The second-order valence-corrected chi connectivity index (χ2v) is 8.85. The first-order chi connectivity index (χ1) is 12.7. The molecule has 0 radical (unpaired) electrons. The van der Waals surface area contributed by atoms with Gasteiger partial charge in [-0.3, -0.25) is 4.79 Å². The summed E-state index contributed by atoms with van der Waals surface area (Å²) in [5.41, 5.74) is -0.00709. The van der Waals surface area contributed by atoms with Crippen molar-refractivity contribution in [1.29, 1.82) is 0 Å². The lowest BCUT2D eigenvalue weighted by molar-refractivity contribution is -0.130. The molecule has 2 aromatic heterocycles. The van der Waals surface area contributed by atoms with Crippen molar-refractivity contribution in [3.8, 4) is 0 Å². The molecule has 1 unspecified atom stereocenters. The zero-order valence-corrected chi connectivity index (χ0v) is 16.3. The van der Waals surface area contributed by atoms with Crippen molar-refractivity contribution in [2.24, 2.45) is 5.41 Å². The second-order valence-electron chi connectivity index (χ2n) is 7.00. The van der Waals surface area contributed by atoms with Gasteiger partial charge in [-0.1, -0.05) is 6.07 Å². The lowest BCUT2D eigenvalue weighted by atomic mass is 9.80. The van der Waals surface area contributed by atoms with Crippen LogP contribution >= 0.6 is 22.7 Å². The number of aromatic nitrogens is 1. The molecule has 4 rings (SSSR count). The van der Waals surface area contributed by atoms with Gasteiger partial charge in [-0.25, -0.2) is 4.98 Å². The maximum absolute atomic E-state index is 12.7. The lowest BCUT2D eigenvalue weighted by Gasteiger charge is -2.43. The number of carbonyl (C=O) groups is 1. The highest BCUT2D eigenvalue weighted by Gasteiger charge is 2.40. The summed E-state index contributed by atoms with van der Waals surface area (Å²) in [6, 6.07) is 4.03. The maximum Gasteiger partial charge on any atom is 0.246 e. The summed E-state index contributed by atoms with van der Waals surface area (Å²) in [7, 11) is 0. The normalized spacial score (nSPS) is 24.3. The SMILES string of the molecule is O=C(/C=C/c1cccs1)N1CCCC2(COCCN(c3nccs3)C2)C1. The molecule has 138 valence electrons. The Hall–Kier alpha value is -1.70. The van der Waals surface area contributed by atoms with E-state index in [0.717, 1.165) is 49.0 Å². The van der Waals surface area contributed by atoms with Crippen LogP contribution in [0.25, 0.3) is 6.08 Å². The van der Waals surface area contributed by atoms with Crippen LogP contribution in [-0.4, -0.2) is 55.2 Å². The minimum atomic E-state index is -0.00709. The maximum atomic E-state index is 12.7. The standard InChI is InChI=1S/C19H23N3O2S2/c23-17(5-4-16-3-1-11-25-16)21-8-2-6-19(13-21)14-22(9-10-24-15-19)18-20-7-12-26-18/h1,3-5,7,11-12H,2,6,8-10,13-15H2/b5-4+. The molecule has 2 aliphatic rings. The Bertz CT molecular complexity index is 745. The number of thiophene rings is 1. The van der Waals surface area contributed by atoms with Crippen molar-refractivity contribution < 1.29 is 9.53 Å². The van der Waals surface area contributed by atoms with E-state index in [4.69, 9.17) is 4.74 Å². The highest BCUT2D eigenvalue weighted by molar-refractivity contribution is 7.13. The fourth-order valence-corrected chi connectivity index (χ4v) is 5.10. The van der Waals surface area contributed by atoms with Crippen LogP contribution in [0.5, 0.6) is 0 Å². The van der Waals surface area contributed by atoms with E-state index in [1.807, 2.05) is 40.1 Å². The summed E-state index contributed by atoms with van der Waals surface area (Å²) in [4.78, 5) is 22.6. The number of hydrogen-bond donors (Lipinski definition) is 0. The summed E-state index contributed by atoms with van der Waals surface area (Å²) in [5, 5.41) is 5.09. The molecule has 0 saturated carbocycles. The molecule has 1 atom stereocenters. The molecule has 5 nitrogen and oxygen atoms in total. The third-order valence-electron chi connectivity index (χ3n) is 5.04. The molecule has 2 aromatic rings. The molecule has 2 aliphatic heterocycles. The Morgan fingerprint density at radius 1 is 1.27 bits per heavy atom. The van der Waals surface area contributed by atoms with Gasteiger partial charge in [0.15, 0.2) is 5.13 Å². The van der Waals surface area contributed by atoms with Crippen molar-refractivity contribution in [1.82, 2.24) is 9.88 Å². The molecule has 7 heteroatoms. The van der Waals surface area contributed by atoms with Crippen LogP contribution in [0.2, 0.25) is 0 Å². The Balaban J connectivity index is 1.46. The Morgan fingerprint density at radius 3 is 3.04 bits per heavy atom. The van der Waals surface area contributed by atoms with Crippen LogP contribution < -0.4 is 4.90 Å². The molecule has 0 N–H and O–H groups in total. The minimum absolute atomic E-state index is 0.00709. The van der Waals surface area contributed by atoms with E-state index >= 15 is 0 Å². The zero-order valence-electron chi connectivity index (χ0n) is 14.7. The van der Waals surface area contributed by atoms with Crippen molar-refractivity contribution >= 4 is 39.8 Å². The fourth-order valence-electron chi connectivity index (χ4n) is 3.82. The van der Waals surface area contributed by atoms with E-state index in [-0.39, 0.29) is 11.3 Å². The van der Waals surface area contributed by atoms with Crippen molar-refractivity contribution in [3.05, 3.63) is 40.0 Å². The summed E-state index contributed by atoms with van der Waals surface area (Å²) in [5.74, 6) is 0.0996. The van der Waals surface area contributed by atoms with Crippen LogP contribution in [0, 0.1) is 5.41 Å². The summed E-state index contributed by atoms with van der Waals surface area (Å²) in [6.07, 6.45) is 7.59. The fraction of sp³-hybridized carbons (Fsp3) is 0.474. The van der Waals surface area contributed by atoms with E-state index in [1.165, 1.54) is 0 Å². The number of rotatable bonds is 3. The van der Waals surface area contributed by atoms with Gasteiger partial charge in [0.25, 0.3) is 0 Å². The van der Waals surface area contributed by atoms with Gasteiger partial charge in [-0.2, -0.15) is 0 Å². The first-order valence-corrected chi connectivity index (χ1v) is 10.7. The topological polar surface area (TPSA) is 45.7 Å². The van der Waals surface area contributed by atoms with Gasteiger partial charge in [0.2, 0.25) is 5.91 Å². The van der Waals surface area contributed by atoms with Gasteiger partial charge in [0, 0.05) is 54.1 Å².